The van der Waals surface area contributed by atoms with Crippen LogP contribution >= 0.6 is 0 Å². The van der Waals surface area contributed by atoms with Gasteiger partial charge in [0.1, 0.15) is 12.4 Å². The van der Waals surface area contributed by atoms with Crippen LogP contribution in [0.1, 0.15) is 18.4 Å². The van der Waals surface area contributed by atoms with E-state index in [1.54, 1.807) is 24.4 Å². The Kier molecular flexibility index (Phi) is 6.54. The molecule has 0 amide bonds. The third kappa shape index (κ3) is 5.14. The molecule has 0 saturated carbocycles. The van der Waals surface area contributed by atoms with Gasteiger partial charge in [0.2, 0.25) is 0 Å². The van der Waals surface area contributed by atoms with E-state index in [-0.39, 0.29) is 11.7 Å². The minimum atomic E-state index is -0.733. The molecule has 1 fully saturated rings. The minimum Gasteiger partial charge on any atom is -0.481 e. The molecule has 5 nitrogen and oxygen atoms in total. The number of aliphatic carboxylic acids is 1. The third-order valence-corrected chi connectivity index (χ3v) is 4.74. The van der Waals surface area contributed by atoms with E-state index >= 15 is 0 Å². The highest BCUT2D eigenvalue weighted by molar-refractivity contribution is 5.90. The molecule has 2 aromatic rings. The van der Waals surface area contributed by atoms with E-state index < -0.39 is 5.97 Å². The lowest BCUT2D eigenvalue weighted by Crippen LogP contribution is -2.40. The normalized spacial score (nSPS) is 17.9. The lowest BCUT2D eigenvalue weighted by Gasteiger charge is -2.29. The Morgan fingerprint density at radius 1 is 1.22 bits per heavy atom. The quantitative estimate of drug-likeness (QED) is 0.459. The zero-order valence-electron chi connectivity index (χ0n) is 15.1. The van der Waals surface area contributed by atoms with E-state index in [2.05, 4.69) is 10.1 Å². The standard InChI is InChI=1S/C21H23FN2O3/c22-20-10-4-3-9-19(20)18-8-2-1-6-16(18)14-23-27-13-12-24-11-5-7-17(15-24)21(25)26/h1-4,6,8-10,14,17H,5,7,11-13,15H2,(H,25,26)/b23-14+. The molecule has 0 radical (unpaired) electrons. The number of oxime groups is 1. The van der Waals surface area contributed by atoms with Gasteiger partial charge in [-0.25, -0.2) is 4.39 Å². The maximum absolute atomic E-state index is 14.1. The lowest BCUT2D eigenvalue weighted by molar-refractivity contribution is -0.143. The van der Waals surface area contributed by atoms with Crippen molar-refractivity contribution >= 4 is 12.2 Å². The maximum atomic E-state index is 14.1. The van der Waals surface area contributed by atoms with Crippen molar-refractivity contribution in [2.75, 3.05) is 26.2 Å². The first-order valence-electron chi connectivity index (χ1n) is 9.09. The number of nitrogens with zero attached hydrogens (tertiary/aromatic N) is 2. The largest absolute Gasteiger partial charge is 0.481 e. The van der Waals surface area contributed by atoms with Crippen molar-refractivity contribution < 1.29 is 19.1 Å². The number of carboxylic acids is 1. The fraction of sp³-hybridized carbons (Fsp3) is 0.333. The van der Waals surface area contributed by atoms with Crippen molar-refractivity contribution in [1.82, 2.24) is 4.90 Å². The highest BCUT2D eigenvalue weighted by Gasteiger charge is 2.24. The van der Waals surface area contributed by atoms with Crippen LogP contribution < -0.4 is 0 Å². The van der Waals surface area contributed by atoms with Gasteiger partial charge in [0.25, 0.3) is 0 Å². The number of carbonyl (C=O) groups is 1. The van der Waals surface area contributed by atoms with Crippen LogP contribution in [0, 0.1) is 11.7 Å². The summed E-state index contributed by atoms with van der Waals surface area (Å²) in [6.45, 7) is 2.45. The number of hydrogen-bond acceptors (Lipinski definition) is 4. The summed E-state index contributed by atoms with van der Waals surface area (Å²) >= 11 is 0. The van der Waals surface area contributed by atoms with E-state index in [1.807, 2.05) is 24.3 Å². The number of hydrogen-bond donors (Lipinski definition) is 1. The fourth-order valence-electron chi connectivity index (χ4n) is 3.31. The number of piperidine rings is 1. The summed E-state index contributed by atoms with van der Waals surface area (Å²) < 4.78 is 14.1. The van der Waals surface area contributed by atoms with Crippen LogP contribution in [0.2, 0.25) is 0 Å². The number of benzene rings is 2. The molecule has 0 spiro atoms. The predicted octanol–water partition coefficient (Wildman–Crippen LogP) is 3.64. The number of likely N-dealkylation sites (tertiary alicyclic amines) is 1. The van der Waals surface area contributed by atoms with Gasteiger partial charge in [-0.05, 0) is 31.0 Å². The highest BCUT2D eigenvalue weighted by atomic mass is 19.1. The first-order valence-corrected chi connectivity index (χ1v) is 9.09. The Morgan fingerprint density at radius 3 is 2.74 bits per heavy atom. The second-order valence-corrected chi connectivity index (χ2v) is 6.61. The van der Waals surface area contributed by atoms with E-state index in [4.69, 9.17) is 9.94 Å². The second kappa shape index (κ2) is 9.28. The summed E-state index contributed by atoms with van der Waals surface area (Å²) in [6.07, 6.45) is 3.20. The molecule has 0 aliphatic carbocycles. The van der Waals surface area contributed by atoms with E-state index in [1.165, 1.54) is 6.07 Å². The monoisotopic (exact) mass is 370 g/mol. The Hall–Kier alpha value is -2.73. The summed E-state index contributed by atoms with van der Waals surface area (Å²) in [7, 11) is 0. The number of rotatable bonds is 7. The van der Waals surface area contributed by atoms with Gasteiger partial charge >= 0.3 is 5.97 Å². The molecule has 2 aromatic carbocycles. The fourth-order valence-corrected chi connectivity index (χ4v) is 3.31. The molecule has 1 N–H and O–H groups in total. The van der Waals surface area contributed by atoms with E-state index in [0.29, 0.717) is 25.3 Å². The smallest absolute Gasteiger partial charge is 0.307 e. The second-order valence-electron chi connectivity index (χ2n) is 6.61. The molecule has 0 bridgehead atoms. The first-order chi connectivity index (χ1) is 13.1. The van der Waals surface area contributed by atoms with Gasteiger partial charge in [0.15, 0.2) is 0 Å². The first kappa shape index (κ1) is 19.0. The molecule has 1 heterocycles. The Balaban J connectivity index is 1.55. The summed E-state index contributed by atoms with van der Waals surface area (Å²) in [6, 6.07) is 14.1. The Morgan fingerprint density at radius 2 is 1.96 bits per heavy atom. The topological polar surface area (TPSA) is 62.1 Å². The zero-order chi connectivity index (χ0) is 19.1. The van der Waals surface area contributed by atoms with Crippen LogP contribution in [0.5, 0.6) is 0 Å². The van der Waals surface area contributed by atoms with Gasteiger partial charge in [-0.3, -0.25) is 9.69 Å². The zero-order valence-corrected chi connectivity index (χ0v) is 15.1. The van der Waals surface area contributed by atoms with Gasteiger partial charge in [0, 0.05) is 24.2 Å². The summed E-state index contributed by atoms with van der Waals surface area (Å²) in [4.78, 5) is 18.5. The molecule has 1 saturated heterocycles. The van der Waals surface area contributed by atoms with Crippen LogP contribution in [0.4, 0.5) is 4.39 Å². The van der Waals surface area contributed by atoms with Gasteiger partial charge in [-0.2, -0.15) is 0 Å². The summed E-state index contributed by atoms with van der Waals surface area (Å²) in [5.41, 5.74) is 2.04. The van der Waals surface area contributed by atoms with Gasteiger partial charge in [-0.15, -0.1) is 0 Å². The van der Waals surface area contributed by atoms with Crippen molar-refractivity contribution in [3.05, 3.63) is 59.9 Å². The minimum absolute atomic E-state index is 0.280. The number of halogens is 1. The van der Waals surface area contributed by atoms with Crippen molar-refractivity contribution in [1.29, 1.82) is 0 Å². The third-order valence-electron chi connectivity index (χ3n) is 4.74. The van der Waals surface area contributed by atoms with Gasteiger partial charge < -0.3 is 9.94 Å². The van der Waals surface area contributed by atoms with Crippen molar-refractivity contribution in [3.63, 3.8) is 0 Å². The molecule has 1 aliphatic heterocycles. The molecule has 3 rings (SSSR count). The van der Waals surface area contributed by atoms with Crippen molar-refractivity contribution in [3.8, 4) is 11.1 Å². The van der Waals surface area contributed by atoms with Crippen molar-refractivity contribution in [2.24, 2.45) is 11.1 Å². The molecule has 142 valence electrons. The van der Waals surface area contributed by atoms with E-state index in [9.17, 15) is 9.18 Å². The van der Waals surface area contributed by atoms with E-state index in [0.717, 1.165) is 30.5 Å². The average Bonchev–Trinajstić information content (AvgIpc) is 2.69. The van der Waals surface area contributed by atoms with Crippen LogP contribution in [0.25, 0.3) is 11.1 Å². The number of carboxylic acid groups (broad SMARTS) is 1. The summed E-state index contributed by atoms with van der Waals surface area (Å²) in [5.74, 6) is -1.31. The molecule has 1 atom stereocenters. The molecular formula is C21H23FN2O3. The maximum Gasteiger partial charge on any atom is 0.307 e. The van der Waals surface area contributed by atoms with Crippen LogP contribution in [0.3, 0.4) is 0 Å². The Labute approximate surface area is 158 Å². The van der Waals surface area contributed by atoms with Gasteiger partial charge in [-0.1, -0.05) is 47.6 Å². The van der Waals surface area contributed by atoms with Crippen LogP contribution in [-0.2, 0) is 9.63 Å². The lowest BCUT2D eigenvalue weighted by atomic mass is 9.98. The Bertz CT molecular complexity index is 810. The molecule has 1 aliphatic rings. The summed E-state index contributed by atoms with van der Waals surface area (Å²) in [5, 5.41) is 13.1. The SMILES string of the molecule is O=C(O)C1CCCN(CCO/N=C/c2ccccc2-c2ccccc2F)C1. The van der Waals surface area contributed by atoms with Crippen LogP contribution in [0.15, 0.2) is 53.7 Å². The predicted molar refractivity (Wildman–Crippen MR) is 102 cm³/mol. The average molecular weight is 370 g/mol. The highest BCUT2D eigenvalue weighted by Crippen LogP contribution is 2.25. The molecule has 27 heavy (non-hydrogen) atoms. The van der Waals surface area contributed by atoms with Crippen molar-refractivity contribution in [2.45, 2.75) is 12.8 Å². The van der Waals surface area contributed by atoms with Gasteiger partial charge in [0.05, 0.1) is 12.1 Å². The molecule has 1 unspecified atom stereocenters. The van der Waals surface area contributed by atoms with Crippen LogP contribution in [-0.4, -0.2) is 48.4 Å². The molecule has 6 heteroatoms. The molecular weight excluding hydrogens is 347 g/mol. The molecule has 0 aromatic heterocycles.